The fraction of sp³-hybridized carbons (Fsp3) is 0.700. The molecule has 1 saturated carbocycles. The lowest BCUT2D eigenvalue weighted by molar-refractivity contribution is 0.562. The van der Waals surface area contributed by atoms with E-state index < -0.39 is 10.0 Å². The highest BCUT2D eigenvalue weighted by Gasteiger charge is 2.54. The van der Waals surface area contributed by atoms with Crippen LogP contribution in [-0.4, -0.2) is 37.5 Å². The quantitative estimate of drug-likeness (QED) is 0.676. The van der Waals surface area contributed by atoms with E-state index in [2.05, 4.69) is 20.0 Å². The van der Waals surface area contributed by atoms with Gasteiger partial charge < -0.3 is 10.3 Å². The van der Waals surface area contributed by atoms with Crippen LogP contribution < -0.4 is 10.0 Å². The van der Waals surface area contributed by atoms with Gasteiger partial charge in [-0.1, -0.05) is 6.92 Å². The molecule has 2 atom stereocenters. The predicted molar refractivity (Wildman–Crippen MR) is 61.9 cm³/mol. The maximum Gasteiger partial charge on any atom is 0.257 e. The molecule has 0 aromatic carbocycles. The lowest BCUT2D eigenvalue weighted by Gasteiger charge is -2.06. The molecule has 6 nitrogen and oxygen atoms in total. The fourth-order valence-corrected chi connectivity index (χ4v) is 3.77. The Kier molecular flexibility index (Phi) is 2.49. The summed E-state index contributed by atoms with van der Waals surface area (Å²) in [6.07, 6.45) is 2.09. The summed E-state index contributed by atoms with van der Waals surface area (Å²) in [6, 6.07) is 0.106. The third-order valence-electron chi connectivity index (χ3n) is 3.61. The molecule has 1 saturated heterocycles. The Hall–Kier alpha value is -0.920. The number of fused-ring (bicyclic) bond motifs is 1. The second kappa shape index (κ2) is 3.79. The van der Waals surface area contributed by atoms with Crippen LogP contribution in [0.15, 0.2) is 11.2 Å². The first-order valence-corrected chi connectivity index (χ1v) is 7.37. The maximum atomic E-state index is 12.0. The van der Waals surface area contributed by atoms with Crippen molar-refractivity contribution in [2.75, 3.05) is 13.1 Å². The standard InChI is InChI=1S/C10H16N4O2S/c1-2-8-12-5-9(13-8)17(15,16)14-10-6-3-11-4-7(6)10/h5-7,10-11,14H,2-4H2,1H3,(H,12,13). The SMILES string of the molecule is CCc1ncc(S(=O)(=O)NC2C3CNCC32)[nH]1. The number of rotatable bonds is 4. The number of imidazole rings is 1. The minimum Gasteiger partial charge on any atom is -0.332 e. The number of piperidine rings is 1. The number of hydrogen-bond acceptors (Lipinski definition) is 4. The Labute approximate surface area is 100 Å². The van der Waals surface area contributed by atoms with Gasteiger partial charge in [0.05, 0.1) is 6.20 Å². The average Bonchev–Trinajstić information content (AvgIpc) is 2.83. The molecular formula is C10H16N4O2S. The largest absolute Gasteiger partial charge is 0.332 e. The topological polar surface area (TPSA) is 86.9 Å². The number of nitrogens with zero attached hydrogens (tertiary/aromatic N) is 1. The molecule has 1 aromatic rings. The third-order valence-corrected chi connectivity index (χ3v) is 4.98. The summed E-state index contributed by atoms with van der Waals surface area (Å²) in [5, 5.41) is 3.41. The van der Waals surface area contributed by atoms with E-state index in [1.54, 1.807) is 0 Å². The first-order valence-electron chi connectivity index (χ1n) is 5.89. The number of aromatic nitrogens is 2. The van der Waals surface area contributed by atoms with Gasteiger partial charge in [0.1, 0.15) is 5.82 Å². The Bertz CT molecular complexity index is 514. The first-order chi connectivity index (χ1) is 8.12. The second-order valence-corrected chi connectivity index (χ2v) is 6.36. The minimum atomic E-state index is -3.42. The van der Waals surface area contributed by atoms with Crippen LogP contribution in [0.2, 0.25) is 0 Å². The molecule has 1 aromatic heterocycles. The number of aryl methyl sites for hydroxylation is 1. The van der Waals surface area contributed by atoms with Gasteiger partial charge in [-0.15, -0.1) is 0 Å². The number of sulfonamides is 1. The molecule has 94 valence electrons. The molecule has 2 aliphatic rings. The van der Waals surface area contributed by atoms with Crippen molar-refractivity contribution in [2.45, 2.75) is 24.4 Å². The molecule has 2 heterocycles. The van der Waals surface area contributed by atoms with E-state index in [0.29, 0.717) is 24.1 Å². The highest BCUT2D eigenvalue weighted by atomic mass is 32.2. The molecule has 2 unspecified atom stereocenters. The van der Waals surface area contributed by atoms with Crippen LogP contribution in [0.25, 0.3) is 0 Å². The van der Waals surface area contributed by atoms with Gasteiger partial charge in [0, 0.05) is 12.5 Å². The molecule has 2 fully saturated rings. The molecule has 17 heavy (non-hydrogen) atoms. The molecule has 3 rings (SSSR count). The predicted octanol–water partition coefficient (Wildman–Crippen LogP) is -0.532. The summed E-state index contributed by atoms with van der Waals surface area (Å²) in [5.74, 6) is 1.64. The van der Waals surface area contributed by atoms with E-state index in [-0.39, 0.29) is 11.1 Å². The molecule has 0 bridgehead atoms. The Balaban J connectivity index is 1.73. The second-order valence-electron chi connectivity index (χ2n) is 4.68. The third kappa shape index (κ3) is 1.88. The molecular weight excluding hydrogens is 240 g/mol. The van der Waals surface area contributed by atoms with E-state index in [0.717, 1.165) is 13.1 Å². The van der Waals surface area contributed by atoms with Gasteiger partial charge in [0.2, 0.25) is 0 Å². The molecule has 0 radical (unpaired) electrons. The zero-order valence-corrected chi connectivity index (χ0v) is 10.4. The van der Waals surface area contributed by atoms with Gasteiger partial charge in [-0.25, -0.2) is 18.1 Å². The minimum absolute atomic E-state index is 0.106. The van der Waals surface area contributed by atoms with Gasteiger partial charge in [-0.3, -0.25) is 0 Å². The average molecular weight is 256 g/mol. The lowest BCUT2D eigenvalue weighted by atomic mass is 10.4. The molecule has 0 amide bonds. The molecule has 0 spiro atoms. The van der Waals surface area contributed by atoms with Crippen LogP contribution in [-0.2, 0) is 16.4 Å². The molecule has 3 N–H and O–H groups in total. The molecule has 7 heteroatoms. The molecule has 1 aliphatic heterocycles. The van der Waals surface area contributed by atoms with Gasteiger partial charge in [0.15, 0.2) is 5.03 Å². The van der Waals surface area contributed by atoms with E-state index in [1.807, 2.05) is 6.92 Å². The van der Waals surface area contributed by atoms with Crippen LogP contribution in [0.5, 0.6) is 0 Å². The van der Waals surface area contributed by atoms with E-state index >= 15 is 0 Å². The van der Waals surface area contributed by atoms with Crippen LogP contribution in [0.1, 0.15) is 12.7 Å². The van der Waals surface area contributed by atoms with Gasteiger partial charge in [-0.2, -0.15) is 0 Å². The number of hydrogen-bond donors (Lipinski definition) is 3. The summed E-state index contributed by atoms with van der Waals surface area (Å²) < 4.78 is 26.8. The number of H-pyrrole nitrogens is 1. The highest BCUT2D eigenvalue weighted by Crippen LogP contribution is 2.42. The van der Waals surface area contributed by atoms with E-state index in [1.165, 1.54) is 6.20 Å². The van der Waals surface area contributed by atoms with Crippen molar-refractivity contribution in [3.05, 3.63) is 12.0 Å². The normalized spacial score (nSPS) is 31.5. The summed E-state index contributed by atoms with van der Waals surface area (Å²) in [5.41, 5.74) is 0. The van der Waals surface area contributed by atoms with Gasteiger partial charge >= 0.3 is 0 Å². The van der Waals surface area contributed by atoms with Crippen LogP contribution in [0.4, 0.5) is 0 Å². The Morgan fingerprint density at radius 2 is 2.18 bits per heavy atom. The van der Waals surface area contributed by atoms with E-state index in [9.17, 15) is 8.42 Å². The van der Waals surface area contributed by atoms with Crippen molar-refractivity contribution in [1.29, 1.82) is 0 Å². The monoisotopic (exact) mass is 256 g/mol. The van der Waals surface area contributed by atoms with Crippen molar-refractivity contribution < 1.29 is 8.42 Å². The van der Waals surface area contributed by atoms with Crippen molar-refractivity contribution in [2.24, 2.45) is 11.8 Å². The van der Waals surface area contributed by atoms with Gasteiger partial charge in [-0.05, 0) is 24.9 Å². The van der Waals surface area contributed by atoms with Crippen molar-refractivity contribution in [3.8, 4) is 0 Å². The Morgan fingerprint density at radius 1 is 1.47 bits per heavy atom. The van der Waals surface area contributed by atoms with Crippen molar-refractivity contribution in [3.63, 3.8) is 0 Å². The number of nitrogens with one attached hydrogen (secondary N) is 3. The summed E-state index contributed by atoms with van der Waals surface area (Å²) in [6.45, 7) is 3.77. The summed E-state index contributed by atoms with van der Waals surface area (Å²) in [4.78, 5) is 6.84. The fourth-order valence-electron chi connectivity index (χ4n) is 2.50. The Morgan fingerprint density at radius 3 is 2.76 bits per heavy atom. The smallest absolute Gasteiger partial charge is 0.257 e. The lowest BCUT2D eigenvalue weighted by Crippen LogP contribution is -2.32. The van der Waals surface area contributed by atoms with Gasteiger partial charge in [0.25, 0.3) is 10.0 Å². The highest BCUT2D eigenvalue weighted by molar-refractivity contribution is 7.89. The van der Waals surface area contributed by atoms with E-state index in [4.69, 9.17) is 0 Å². The molecule has 1 aliphatic carbocycles. The van der Waals surface area contributed by atoms with Crippen LogP contribution in [0, 0.1) is 11.8 Å². The zero-order valence-electron chi connectivity index (χ0n) is 9.60. The summed E-state index contributed by atoms with van der Waals surface area (Å²) >= 11 is 0. The van der Waals surface area contributed by atoms with Crippen molar-refractivity contribution >= 4 is 10.0 Å². The number of aromatic amines is 1. The van der Waals surface area contributed by atoms with Crippen LogP contribution in [0.3, 0.4) is 0 Å². The van der Waals surface area contributed by atoms with Crippen LogP contribution >= 0.6 is 0 Å². The maximum absolute atomic E-state index is 12.0. The summed E-state index contributed by atoms with van der Waals surface area (Å²) in [7, 11) is -3.42. The van der Waals surface area contributed by atoms with Crippen molar-refractivity contribution in [1.82, 2.24) is 20.0 Å². The zero-order chi connectivity index (χ0) is 12.0. The first kappa shape index (κ1) is 11.2.